The van der Waals surface area contributed by atoms with Crippen molar-refractivity contribution in [2.75, 3.05) is 19.6 Å². The van der Waals surface area contributed by atoms with Gasteiger partial charge >= 0.3 is 0 Å². The smallest absolute Gasteiger partial charge is 0.247 e. The minimum absolute atomic E-state index is 0.163. The van der Waals surface area contributed by atoms with Crippen LogP contribution >= 0.6 is 0 Å². The van der Waals surface area contributed by atoms with Gasteiger partial charge < -0.3 is 10.2 Å². The fraction of sp³-hybridized carbons (Fsp3) is 0.733. The van der Waals surface area contributed by atoms with Crippen LogP contribution in [0.4, 0.5) is 0 Å². The fourth-order valence-corrected chi connectivity index (χ4v) is 2.76. The molecule has 2 heterocycles. The lowest BCUT2D eigenvalue weighted by atomic mass is 10.1. The first kappa shape index (κ1) is 15.0. The van der Waals surface area contributed by atoms with Crippen LogP contribution in [0.3, 0.4) is 0 Å². The van der Waals surface area contributed by atoms with Crippen molar-refractivity contribution in [3.05, 3.63) is 18.5 Å². The first-order chi connectivity index (χ1) is 9.58. The lowest BCUT2D eigenvalue weighted by molar-refractivity contribution is -0.135. The largest absolute Gasteiger partial charge is 0.339 e. The van der Waals surface area contributed by atoms with Gasteiger partial charge in [0.2, 0.25) is 5.91 Å². The Bertz CT molecular complexity index is 410. The number of nitrogens with one attached hydrogen (secondary N) is 1. The van der Waals surface area contributed by atoms with E-state index in [1.807, 2.05) is 24.1 Å². The SMILES string of the molecule is CC(C)CN(CC1CCCN1)C(=O)C(C)n1cccn1. The Morgan fingerprint density at radius 3 is 2.85 bits per heavy atom. The molecule has 0 spiro atoms. The van der Waals surface area contributed by atoms with Gasteiger partial charge in [-0.2, -0.15) is 5.10 Å². The molecule has 5 heteroatoms. The molecule has 1 saturated heterocycles. The molecule has 0 aromatic carbocycles. The molecule has 1 aromatic rings. The maximum Gasteiger partial charge on any atom is 0.247 e. The van der Waals surface area contributed by atoms with E-state index in [2.05, 4.69) is 24.3 Å². The summed E-state index contributed by atoms with van der Waals surface area (Å²) in [7, 11) is 0. The van der Waals surface area contributed by atoms with Crippen LogP contribution in [0.5, 0.6) is 0 Å². The molecule has 1 aliphatic heterocycles. The zero-order valence-corrected chi connectivity index (χ0v) is 12.7. The highest BCUT2D eigenvalue weighted by Crippen LogP contribution is 2.14. The van der Waals surface area contributed by atoms with Crippen LogP contribution in [-0.2, 0) is 4.79 Å². The van der Waals surface area contributed by atoms with Crippen molar-refractivity contribution >= 4 is 5.91 Å². The van der Waals surface area contributed by atoms with E-state index >= 15 is 0 Å². The number of hydrogen-bond donors (Lipinski definition) is 1. The van der Waals surface area contributed by atoms with E-state index < -0.39 is 0 Å². The normalized spacial score (nSPS) is 20.3. The van der Waals surface area contributed by atoms with Gasteiger partial charge in [0, 0.05) is 31.5 Å². The van der Waals surface area contributed by atoms with Gasteiger partial charge in [0.1, 0.15) is 6.04 Å². The van der Waals surface area contributed by atoms with Crippen LogP contribution in [0.1, 0.15) is 39.7 Å². The zero-order chi connectivity index (χ0) is 14.5. The van der Waals surface area contributed by atoms with Gasteiger partial charge in [0.15, 0.2) is 0 Å². The fourth-order valence-electron chi connectivity index (χ4n) is 2.76. The molecule has 1 aliphatic rings. The van der Waals surface area contributed by atoms with Gasteiger partial charge in [0.25, 0.3) is 0 Å². The van der Waals surface area contributed by atoms with E-state index in [0.29, 0.717) is 12.0 Å². The summed E-state index contributed by atoms with van der Waals surface area (Å²) in [6.45, 7) is 8.92. The van der Waals surface area contributed by atoms with Crippen molar-refractivity contribution in [1.82, 2.24) is 20.0 Å². The number of aromatic nitrogens is 2. The summed E-state index contributed by atoms with van der Waals surface area (Å²) in [6.07, 6.45) is 5.94. The van der Waals surface area contributed by atoms with E-state index in [1.165, 1.54) is 6.42 Å². The summed E-state index contributed by atoms with van der Waals surface area (Å²) in [5, 5.41) is 7.66. The number of carbonyl (C=O) groups is 1. The Kier molecular flexibility index (Phi) is 5.17. The van der Waals surface area contributed by atoms with Crippen molar-refractivity contribution in [2.45, 2.75) is 45.7 Å². The second-order valence-corrected chi connectivity index (χ2v) is 6.09. The van der Waals surface area contributed by atoms with Gasteiger partial charge in [-0.05, 0) is 38.3 Å². The molecular weight excluding hydrogens is 252 g/mol. The molecule has 0 bridgehead atoms. The molecule has 0 saturated carbocycles. The monoisotopic (exact) mass is 278 g/mol. The average Bonchev–Trinajstić information content (AvgIpc) is 3.08. The van der Waals surface area contributed by atoms with Crippen molar-refractivity contribution in [3.63, 3.8) is 0 Å². The summed E-state index contributed by atoms with van der Waals surface area (Å²) in [5.41, 5.74) is 0. The van der Waals surface area contributed by atoms with Gasteiger partial charge in [0.05, 0.1) is 0 Å². The van der Waals surface area contributed by atoms with Gasteiger partial charge in [-0.3, -0.25) is 9.48 Å². The summed E-state index contributed by atoms with van der Waals surface area (Å²) in [6, 6.07) is 2.07. The lowest BCUT2D eigenvalue weighted by Crippen LogP contribution is -2.45. The molecule has 1 fully saturated rings. The molecule has 1 aromatic heterocycles. The molecule has 20 heavy (non-hydrogen) atoms. The van der Waals surface area contributed by atoms with Crippen molar-refractivity contribution < 1.29 is 4.79 Å². The molecule has 1 N–H and O–H groups in total. The van der Waals surface area contributed by atoms with Gasteiger partial charge in [-0.15, -0.1) is 0 Å². The Morgan fingerprint density at radius 2 is 2.30 bits per heavy atom. The maximum atomic E-state index is 12.7. The van der Waals surface area contributed by atoms with Crippen LogP contribution in [0, 0.1) is 5.92 Å². The van der Waals surface area contributed by atoms with Gasteiger partial charge in [-0.1, -0.05) is 13.8 Å². The van der Waals surface area contributed by atoms with Crippen LogP contribution in [0.2, 0.25) is 0 Å². The Morgan fingerprint density at radius 1 is 1.50 bits per heavy atom. The zero-order valence-electron chi connectivity index (χ0n) is 12.7. The van der Waals surface area contributed by atoms with Crippen molar-refractivity contribution in [1.29, 1.82) is 0 Å². The quantitative estimate of drug-likeness (QED) is 0.861. The highest BCUT2D eigenvalue weighted by Gasteiger charge is 2.26. The lowest BCUT2D eigenvalue weighted by Gasteiger charge is -2.30. The molecule has 0 aliphatic carbocycles. The molecule has 2 unspecified atom stereocenters. The number of rotatable bonds is 6. The molecular formula is C15H26N4O. The summed E-state index contributed by atoms with van der Waals surface area (Å²) < 4.78 is 1.73. The first-order valence-electron chi connectivity index (χ1n) is 7.59. The number of carbonyl (C=O) groups excluding carboxylic acids is 1. The minimum Gasteiger partial charge on any atom is -0.339 e. The standard InChI is InChI=1S/C15H26N4O/c1-12(2)10-18(11-14-6-4-7-16-14)15(20)13(3)19-9-5-8-17-19/h5,8-9,12-14,16H,4,6-7,10-11H2,1-3H3. The number of amides is 1. The van der Waals surface area contributed by atoms with Gasteiger partial charge in [-0.25, -0.2) is 0 Å². The Labute approximate surface area is 121 Å². The highest BCUT2D eigenvalue weighted by molar-refractivity contribution is 5.80. The molecule has 112 valence electrons. The van der Waals surface area contributed by atoms with E-state index in [1.54, 1.807) is 10.9 Å². The third-order valence-electron chi connectivity index (χ3n) is 3.78. The summed E-state index contributed by atoms with van der Waals surface area (Å²) in [4.78, 5) is 14.7. The number of nitrogens with zero attached hydrogens (tertiary/aromatic N) is 3. The molecule has 2 atom stereocenters. The van der Waals surface area contributed by atoms with E-state index in [4.69, 9.17) is 0 Å². The topological polar surface area (TPSA) is 50.2 Å². The van der Waals surface area contributed by atoms with E-state index in [0.717, 1.165) is 26.1 Å². The first-order valence-corrected chi connectivity index (χ1v) is 7.59. The van der Waals surface area contributed by atoms with Crippen LogP contribution in [0.15, 0.2) is 18.5 Å². The molecule has 2 rings (SSSR count). The molecule has 1 amide bonds. The second-order valence-electron chi connectivity index (χ2n) is 6.09. The van der Waals surface area contributed by atoms with Crippen molar-refractivity contribution in [3.8, 4) is 0 Å². The van der Waals surface area contributed by atoms with Crippen LogP contribution < -0.4 is 5.32 Å². The third-order valence-corrected chi connectivity index (χ3v) is 3.78. The predicted molar refractivity (Wildman–Crippen MR) is 79.4 cm³/mol. The number of hydrogen-bond acceptors (Lipinski definition) is 3. The van der Waals surface area contributed by atoms with Crippen LogP contribution in [0.25, 0.3) is 0 Å². The Balaban J connectivity index is 2.02. The summed E-state index contributed by atoms with van der Waals surface area (Å²) in [5.74, 6) is 0.640. The van der Waals surface area contributed by atoms with Crippen molar-refractivity contribution in [2.24, 2.45) is 5.92 Å². The second kappa shape index (κ2) is 6.88. The predicted octanol–water partition coefficient (Wildman–Crippen LogP) is 1.68. The third kappa shape index (κ3) is 3.82. The van der Waals surface area contributed by atoms with Crippen LogP contribution in [-0.4, -0.2) is 46.3 Å². The maximum absolute atomic E-state index is 12.7. The van der Waals surface area contributed by atoms with E-state index in [9.17, 15) is 4.79 Å². The average molecular weight is 278 g/mol. The summed E-state index contributed by atoms with van der Waals surface area (Å²) >= 11 is 0. The Hall–Kier alpha value is -1.36. The molecule has 0 radical (unpaired) electrons. The van der Waals surface area contributed by atoms with E-state index in [-0.39, 0.29) is 11.9 Å². The molecule has 5 nitrogen and oxygen atoms in total. The highest BCUT2D eigenvalue weighted by atomic mass is 16.2. The minimum atomic E-state index is -0.231.